The zero-order valence-electron chi connectivity index (χ0n) is 64.4. The summed E-state index contributed by atoms with van der Waals surface area (Å²) in [4.78, 5) is 56.4. The van der Waals surface area contributed by atoms with Crippen molar-refractivity contribution in [2.24, 2.45) is 41.4 Å². The number of hydrogen-bond donors (Lipinski definition) is 0. The number of likely N-dealkylation sites (N-methyl/N-ethyl adjacent to an activating group) is 1. The van der Waals surface area contributed by atoms with Gasteiger partial charge >= 0.3 is 17.9 Å². The topological polar surface area (TPSA) is 186 Å². The van der Waals surface area contributed by atoms with Crippen molar-refractivity contribution >= 4 is 41.0 Å². The van der Waals surface area contributed by atoms with E-state index in [0.717, 1.165) is 31.2 Å². The van der Waals surface area contributed by atoms with Crippen LogP contribution in [0.1, 0.15) is 161 Å². The largest absolute Gasteiger partial charge is 0.493 e. The van der Waals surface area contributed by atoms with Crippen molar-refractivity contribution in [3.63, 3.8) is 0 Å². The van der Waals surface area contributed by atoms with Gasteiger partial charge in [-0.25, -0.2) is 4.79 Å². The van der Waals surface area contributed by atoms with E-state index >= 15 is 0 Å². The number of carbonyl (C=O) groups is 4. The fourth-order valence-corrected chi connectivity index (χ4v) is 14.7. The van der Waals surface area contributed by atoms with Gasteiger partial charge < -0.3 is 61.1 Å². The minimum atomic E-state index is -2.53. The molecule has 0 fully saturated rings. The summed E-state index contributed by atoms with van der Waals surface area (Å²) in [5, 5.41) is -0.252. The molecule has 0 radical (unpaired) electrons. The number of ether oxygens (including phenoxy) is 10. The highest BCUT2D eigenvalue weighted by atomic mass is 28.4. The van der Waals surface area contributed by atoms with Gasteiger partial charge in [-0.2, -0.15) is 0 Å². The van der Waals surface area contributed by atoms with Crippen molar-refractivity contribution in [1.82, 2.24) is 9.80 Å². The van der Waals surface area contributed by atoms with Crippen LogP contribution in [-0.4, -0.2) is 176 Å². The van der Waals surface area contributed by atoms with Crippen LogP contribution < -0.4 is 9.47 Å². The van der Waals surface area contributed by atoms with Gasteiger partial charge in [0, 0.05) is 84.1 Å². The minimum Gasteiger partial charge on any atom is -0.493 e. The molecule has 1 aliphatic heterocycles. The average Bonchev–Trinajstić information content (AvgIpc) is 0.953. The average molecular weight is 1390 g/mol. The van der Waals surface area contributed by atoms with E-state index in [0.29, 0.717) is 43.6 Å². The van der Waals surface area contributed by atoms with E-state index in [1.54, 1.807) is 54.9 Å². The quantitative estimate of drug-likeness (QED) is 0.0130. The zero-order chi connectivity index (χ0) is 72.9. The van der Waals surface area contributed by atoms with Crippen LogP contribution in [0.25, 0.3) is 0 Å². The maximum atomic E-state index is 14.5. The van der Waals surface area contributed by atoms with Crippen LogP contribution in [0.5, 0.6) is 11.5 Å². The third-order valence-corrected chi connectivity index (χ3v) is 29.2. The van der Waals surface area contributed by atoms with Crippen molar-refractivity contribution in [3.8, 4) is 11.5 Å². The molecule has 0 aliphatic carbocycles. The minimum absolute atomic E-state index is 0.0623. The van der Waals surface area contributed by atoms with E-state index in [9.17, 15) is 19.2 Å². The fourth-order valence-electron chi connectivity index (χ4n) is 11.7. The van der Waals surface area contributed by atoms with Crippen LogP contribution in [0.4, 0.5) is 0 Å². The van der Waals surface area contributed by atoms with Gasteiger partial charge in [0.25, 0.3) is 0 Å². The first-order chi connectivity index (χ1) is 44.8. The van der Waals surface area contributed by atoms with Gasteiger partial charge in [0.15, 0.2) is 28.1 Å². The molecule has 16 atom stereocenters. The highest BCUT2D eigenvalue weighted by molar-refractivity contribution is 6.74. The number of amides is 1. The van der Waals surface area contributed by atoms with E-state index in [1.165, 1.54) is 23.5 Å². The molecule has 0 N–H and O–H groups in total. The Morgan fingerprint density at radius 3 is 2.04 bits per heavy atom. The highest BCUT2D eigenvalue weighted by Gasteiger charge is 2.46. The summed E-state index contributed by atoms with van der Waals surface area (Å²) < 4.78 is 76.1. The molecule has 1 heterocycles. The molecular formula is C76H132N2O16Si2. The molecule has 1 aliphatic rings. The Balaban J connectivity index is 2.88. The van der Waals surface area contributed by atoms with E-state index < -0.39 is 65.1 Å². The lowest BCUT2D eigenvalue weighted by Gasteiger charge is -2.44. The molecule has 18 nitrogen and oxygen atoms in total. The van der Waals surface area contributed by atoms with E-state index in [4.69, 9.17) is 56.2 Å². The molecule has 0 spiro atoms. The Bertz CT molecular complexity index is 2610. The van der Waals surface area contributed by atoms with Gasteiger partial charge in [0.1, 0.15) is 31.1 Å². The van der Waals surface area contributed by atoms with Gasteiger partial charge in [-0.15, -0.1) is 0 Å². The Morgan fingerprint density at radius 1 is 0.812 bits per heavy atom. The molecule has 96 heavy (non-hydrogen) atoms. The van der Waals surface area contributed by atoms with Gasteiger partial charge in [0.05, 0.1) is 58.0 Å². The highest BCUT2D eigenvalue weighted by Crippen LogP contribution is 2.43. The maximum absolute atomic E-state index is 14.5. The lowest BCUT2D eigenvalue weighted by Crippen LogP contribution is -2.50. The predicted molar refractivity (Wildman–Crippen MR) is 390 cm³/mol. The standard InChI is InChI=1S/C76H132N2O16Si2/c1-52-36-37-53(2)64(85-21)41-38-54(3)73(94-96(26,27)76(13,14)15)59(8)67(92-74(82)63(49-83-19)77(16)17)33-29-28-30-35-70(81)91-66(34-31-32-62(46-52)84-20)58(7)72(93-95(24,25)75(10,11)12)55(4)39-42-65(57(6)71(90-60(9)80)56(5)44-45-78(18)50-79)89-51-88-48-61-40-43-68(86-22)69(47-61)87-23/h28-32,35,37,40,43-45,47,50,52,54-59,62-67,71-73H,33-34,36,38-39,41-42,46,48-49,51H2,1-27H3/b29-28+,32-31+,35-30+,45-44+,53-37+/t52-,54-,55+,56-,57+,58-,59-,62+,63+,64+,65-,66+,67-,71-,72+,73-/m1/s1. The van der Waals surface area contributed by atoms with Crippen LogP contribution in [0.2, 0.25) is 36.3 Å². The number of hydrogen-bond acceptors (Lipinski definition) is 17. The smallest absolute Gasteiger partial charge is 0.331 e. The summed E-state index contributed by atoms with van der Waals surface area (Å²) in [6.45, 7) is 41.2. The Hall–Kier alpha value is -4.49. The van der Waals surface area contributed by atoms with Crippen LogP contribution in [-0.2, 0) is 72.5 Å². The lowest BCUT2D eigenvalue weighted by molar-refractivity contribution is -0.163. The number of benzene rings is 1. The molecule has 0 saturated heterocycles. The summed E-state index contributed by atoms with van der Waals surface area (Å²) in [7, 11) is 8.72. The first-order valence-corrected chi connectivity index (χ1v) is 40.7. The maximum Gasteiger partial charge on any atom is 0.331 e. The molecule has 1 aromatic rings. The number of cyclic esters (lactones) is 1. The molecule has 1 aromatic carbocycles. The first-order valence-electron chi connectivity index (χ1n) is 34.9. The molecule has 0 unspecified atom stereocenters. The molecule has 20 heteroatoms. The molecular weight excluding hydrogens is 1250 g/mol. The number of esters is 3. The van der Waals surface area contributed by atoms with Crippen LogP contribution >= 0.6 is 0 Å². The number of carbonyl (C=O) groups excluding carboxylic acids is 4. The number of methoxy groups -OCH3 is 5. The second-order valence-electron chi connectivity index (χ2n) is 30.4. The Labute approximate surface area is 583 Å². The SMILES string of the molecule is COC[C@@H](C(=O)O[C@@H]1C/C=C/C=C/C(=O)O[C@H]([C@@H](C)[C@@H](O[Si](C)(C)C(C)(C)C)[C@@H](C)CC[C@@H](OCOCc2ccc(OC)c(OC)c2)[C@H](C)[C@H](OC(C)=O)[C@H](C)/C=C/N(C)C=O)C/C=C/[C@H](OC)C[C@H](C)C/C=C(\C)[C@@H](OC)CC[C@@H](C)[C@@H](O[Si](C)(C)C(C)(C)C)[C@@H]1C)N(C)C. The van der Waals surface area contributed by atoms with Crippen LogP contribution in [0, 0.1) is 41.4 Å². The molecule has 550 valence electrons. The van der Waals surface area contributed by atoms with Gasteiger partial charge in [-0.3, -0.25) is 19.3 Å². The number of allylic oxidation sites excluding steroid dienone is 3. The zero-order valence-corrected chi connectivity index (χ0v) is 66.4. The summed E-state index contributed by atoms with van der Waals surface area (Å²) in [6, 6.07) is 4.98. The second-order valence-corrected chi connectivity index (χ2v) is 39.9. The molecule has 1 amide bonds. The Morgan fingerprint density at radius 2 is 1.47 bits per heavy atom. The van der Waals surface area contributed by atoms with Crippen molar-refractivity contribution in [2.45, 2.75) is 253 Å². The summed E-state index contributed by atoms with van der Waals surface area (Å²) in [5.74, 6) is -1.14. The van der Waals surface area contributed by atoms with E-state index in [1.807, 2.05) is 69.3 Å². The molecule has 2 rings (SSSR count). The monoisotopic (exact) mass is 1380 g/mol. The van der Waals surface area contributed by atoms with Crippen LogP contribution in [0.3, 0.4) is 0 Å². The normalized spacial score (nSPS) is 25.5. The third-order valence-electron chi connectivity index (χ3n) is 20.3. The van der Waals surface area contributed by atoms with Crippen molar-refractivity contribution in [2.75, 3.05) is 70.1 Å². The third kappa shape index (κ3) is 29.4. The van der Waals surface area contributed by atoms with Crippen LogP contribution in [0.15, 0.2) is 78.6 Å². The van der Waals surface area contributed by atoms with Crippen molar-refractivity contribution in [3.05, 3.63) is 84.1 Å². The first kappa shape index (κ1) is 87.6. The van der Waals surface area contributed by atoms with E-state index in [-0.39, 0.29) is 95.8 Å². The number of rotatable bonds is 31. The molecule has 0 saturated carbocycles. The molecule has 0 bridgehead atoms. The van der Waals surface area contributed by atoms with Gasteiger partial charge in [-0.1, -0.05) is 139 Å². The fraction of sp³-hybridized carbons (Fsp3) is 0.737. The van der Waals surface area contributed by atoms with Gasteiger partial charge in [-0.05, 0) is 137 Å². The second kappa shape index (κ2) is 42.6. The van der Waals surface area contributed by atoms with Crippen molar-refractivity contribution in [1.29, 1.82) is 0 Å². The van der Waals surface area contributed by atoms with E-state index in [2.05, 4.69) is 128 Å². The number of nitrogens with zero attached hydrogens (tertiary/aromatic N) is 2. The Kier molecular flexibility index (Phi) is 38.9. The summed E-state index contributed by atoms with van der Waals surface area (Å²) in [5.41, 5.74) is 2.04. The predicted octanol–water partition coefficient (Wildman–Crippen LogP) is 15.5. The summed E-state index contributed by atoms with van der Waals surface area (Å²) in [6.07, 6.45) is 19.4. The molecule has 0 aromatic heterocycles. The van der Waals surface area contributed by atoms with Crippen molar-refractivity contribution < 1.29 is 75.4 Å². The lowest BCUT2D eigenvalue weighted by atomic mass is 9.82. The van der Waals surface area contributed by atoms with Gasteiger partial charge in [0.2, 0.25) is 6.41 Å². The summed E-state index contributed by atoms with van der Waals surface area (Å²) >= 11 is 0.